The van der Waals surface area contributed by atoms with E-state index in [-0.39, 0.29) is 0 Å². The molecule has 0 saturated carbocycles. The van der Waals surface area contributed by atoms with E-state index < -0.39 is 0 Å². The molecule has 0 bridgehead atoms. The second-order valence-corrected chi connectivity index (χ2v) is 5.08. The molecule has 0 unspecified atom stereocenters. The van der Waals surface area contributed by atoms with Crippen molar-refractivity contribution in [2.45, 2.75) is 6.92 Å². The van der Waals surface area contributed by atoms with E-state index in [1.165, 1.54) is 5.69 Å². The first-order valence-electron chi connectivity index (χ1n) is 6.14. The Kier molecular flexibility index (Phi) is 4.23. The molecule has 0 atom stereocenters. The Hall–Kier alpha value is -1.80. The van der Waals surface area contributed by atoms with Crippen molar-refractivity contribution in [2.75, 3.05) is 19.0 Å². The number of halogens is 1. The molecule has 0 radical (unpaired) electrons. The quantitative estimate of drug-likeness (QED) is 0.753. The number of hydrogen-bond donors (Lipinski definition) is 0. The summed E-state index contributed by atoms with van der Waals surface area (Å²) < 4.78 is 0. The lowest BCUT2D eigenvalue weighted by molar-refractivity contribution is 1.13. The summed E-state index contributed by atoms with van der Waals surface area (Å²) in [6.45, 7) is 1.98. The number of rotatable bonds is 3. The minimum atomic E-state index is 0.748. The largest absolute Gasteiger partial charge is 0.378 e. The third-order valence-electron chi connectivity index (χ3n) is 2.93. The Morgan fingerprint density at radius 1 is 1.05 bits per heavy atom. The molecule has 3 heteroatoms. The summed E-state index contributed by atoms with van der Waals surface area (Å²) in [7, 11) is 4.05. The van der Waals surface area contributed by atoms with E-state index >= 15 is 0 Å². The number of aliphatic imine (C=N–C) groups is 1. The van der Waals surface area contributed by atoms with E-state index in [1.54, 1.807) is 0 Å². The normalized spacial score (nSPS) is 10.9. The zero-order chi connectivity index (χ0) is 13.8. The first kappa shape index (κ1) is 13.6. The lowest BCUT2D eigenvalue weighted by Gasteiger charge is -2.11. The molecule has 0 spiro atoms. The van der Waals surface area contributed by atoms with Crippen LogP contribution in [0.2, 0.25) is 5.02 Å². The summed E-state index contributed by atoms with van der Waals surface area (Å²) in [6.07, 6.45) is 1.85. The van der Waals surface area contributed by atoms with E-state index in [0.29, 0.717) is 0 Å². The van der Waals surface area contributed by atoms with Gasteiger partial charge in [0.15, 0.2) is 0 Å². The fraction of sp³-hybridized carbons (Fsp3) is 0.188. The number of hydrogen-bond acceptors (Lipinski definition) is 2. The Bertz CT molecular complexity index is 586. The minimum Gasteiger partial charge on any atom is -0.378 e. The molecule has 2 rings (SSSR count). The lowest BCUT2D eigenvalue weighted by atomic mass is 10.2. The van der Waals surface area contributed by atoms with Crippen LogP contribution in [0.4, 0.5) is 11.4 Å². The number of aryl methyl sites for hydroxylation is 1. The second kappa shape index (κ2) is 5.89. The van der Waals surface area contributed by atoms with Gasteiger partial charge in [-0.05, 0) is 42.3 Å². The fourth-order valence-corrected chi connectivity index (χ4v) is 1.84. The molecule has 2 aromatic carbocycles. The van der Waals surface area contributed by atoms with Gasteiger partial charge in [-0.2, -0.15) is 0 Å². The summed E-state index contributed by atoms with van der Waals surface area (Å²) in [4.78, 5) is 6.50. The zero-order valence-electron chi connectivity index (χ0n) is 11.4. The van der Waals surface area contributed by atoms with Crippen molar-refractivity contribution in [1.82, 2.24) is 0 Å². The third kappa shape index (κ3) is 3.58. The zero-order valence-corrected chi connectivity index (χ0v) is 12.1. The highest BCUT2D eigenvalue weighted by Crippen LogP contribution is 2.22. The van der Waals surface area contributed by atoms with Gasteiger partial charge in [-0.15, -0.1) is 0 Å². The maximum atomic E-state index is 6.07. The molecule has 0 N–H and O–H groups in total. The van der Waals surface area contributed by atoms with Crippen LogP contribution in [0.3, 0.4) is 0 Å². The molecule has 19 heavy (non-hydrogen) atoms. The topological polar surface area (TPSA) is 15.6 Å². The standard InChI is InChI=1S/C16H17ClN2/c1-12-4-7-14(10-16(12)17)18-11-13-5-8-15(9-6-13)19(2)3/h4-11H,1-3H3. The number of anilines is 1. The van der Waals surface area contributed by atoms with Crippen molar-refractivity contribution in [1.29, 1.82) is 0 Å². The van der Waals surface area contributed by atoms with Crippen molar-refractivity contribution in [3.8, 4) is 0 Å². The fourth-order valence-electron chi connectivity index (χ4n) is 1.67. The van der Waals surface area contributed by atoms with Crippen LogP contribution in [0.5, 0.6) is 0 Å². The first-order chi connectivity index (χ1) is 9.06. The second-order valence-electron chi connectivity index (χ2n) is 4.68. The molecule has 0 heterocycles. The Balaban J connectivity index is 2.15. The highest BCUT2D eigenvalue weighted by atomic mass is 35.5. The molecule has 98 valence electrons. The van der Waals surface area contributed by atoms with Gasteiger partial charge in [0, 0.05) is 31.0 Å². The van der Waals surface area contributed by atoms with Gasteiger partial charge in [-0.3, -0.25) is 4.99 Å². The van der Waals surface area contributed by atoms with Crippen molar-refractivity contribution < 1.29 is 0 Å². The SMILES string of the molecule is Cc1ccc(N=Cc2ccc(N(C)C)cc2)cc1Cl. The first-order valence-corrected chi connectivity index (χ1v) is 6.51. The van der Waals surface area contributed by atoms with Crippen molar-refractivity contribution >= 4 is 29.2 Å². The highest BCUT2D eigenvalue weighted by molar-refractivity contribution is 6.31. The predicted octanol–water partition coefficient (Wildman–Crippen LogP) is 4.47. The van der Waals surface area contributed by atoms with Crippen LogP contribution in [-0.4, -0.2) is 20.3 Å². The van der Waals surface area contributed by atoms with Gasteiger partial charge in [0.1, 0.15) is 0 Å². The Morgan fingerprint density at radius 3 is 2.32 bits per heavy atom. The van der Waals surface area contributed by atoms with Crippen LogP contribution < -0.4 is 4.90 Å². The van der Waals surface area contributed by atoms with Gasteiger partial charge >= 0.3 is 0 Å². The molecule has 0 aliphatic rings. The summed E-state index contributed by atoms with van der Waals surface area (Å²) in [6, 6.07) is 14.1. The van der Waals surface area contributed by atoms with Gasteiger partial charge in [0.2, 0.25) is 0 Å². The summed E-state index contributed by atoms with van der Waals surface area (Å²) in [5, 5.41) is 0.748. The monoisotopic (exact) mass is 272 g/mol. The van der Waals surface area contributed by atoms with Crippen molar-refractivity contribution in [3.63, 3.8) is 0 Å². The van der Waals surface area contributed by atoms with Crippen LogP contribution in [0.15, 0.2) is 47.5 Å². The molecule has 2 nitrogen and oxygen atoms in total. The lowest BCUT2D eigenvalue weighted by Crippen LogP contribution is -2.08. The van der Waals surface area contributed by atoms with E-state index in [9.17, 15) is 0 Å². The highest BCUT2D eigenvalue weighted by Gasteiger charge is 1.97. The van der Waals surface area contributed by atoms with Gasteiger partial charge < -0.3 is 4.90 Å². The van der Waals surface area contributed by atoms with Gasteiger partial charge in [-0.25, -0.2) is 0 Å². The maximum Gasteiger partial charge on any atom is 0.0644 e. The summed E-state index contributed by atoms with van der Waals surface area (Å²) in [5.74, 6) is 0. The molecule has 0 aliphatic carbocycles. The van der Waals surface area contributed by atoms with Gasteiger partial charge in [0.25, 0.3) is 0 Å². The number of nitrogens with zero attached hydrogens (tertiary/aromatic N) is 2. The molecule has 0 fully saturated rings. The molecule has 0 saturated heterocycles. The molecule has 0 amide bonds. The van der Waals surface area contributed by atoms with Crippen LogP contribution in [0.25, 0.3) is 0 Å². The Morgan fingerprint density at radius 2 is 1.74 bits per heavy atom. The van der Waals surface area contributed by atoms with Crippen LogP contribution in [-0.2, 0) is 0 Å². The van der Waals surface area contributed by atoms with Crippen molar-refractivity contribution in [2.24, 2.45) is 4.99 Å². The van der Waals surface area contributed by atoms with Gasteiger partial charge in [-0.1, -0.05) is 29.8 Å². The van der Waals surface area contributed by atoms with E-state index in [0.717, 1.165) is 21.8 Å². The minimum absolute atomic E-state index is 0.748. The summed E-state index contributed by atoms with van der Waals surface area (Å²) in [5.41, 5.74) is 4.18. The smallest absolute Gasteiger partial charge is 0.0644 e. The molecule has 0 aromatic heterocycles. The average molecular weight is 273 g/mol. The molecular weight excluding hydrogens is 256 g/mol. The van der Waals surface area contributed by atoms with E-state index in [4.69, 9.17) is 11.6 Å². The predicted molar refractivity (Wildman–Crippen MR) is 84.2 cm³/mol. The van der Waals surface area contributed by atoms with Crippen LogP contribution >= 0.6 is 11.6 Å². The van der Waals surface area contributed by atoms with E-state index in [1.807, 2.05) is 45.4 Å². The van der Waals surface area contributed by atoms with Crippen LogP contribution in [0, 0.1) is 6.92 Å². The van der Waals surface area contributed by atoms with Crippen LogP contribution in [0.1, 0.15) is 11.1 Å². The van der Waals surface area contributed by atoms with Gasteiger partial charge in [0.05, 0.1) is 5.69 Å². The molecule has 0 aliphatic heterocycles. The number of benzene rings is 2. The Labute approximate surface area is 119 Å². The van der Waals surface area contributed by atoms with E-state index in [2.05, 4.69) is 34.2 Å². The molecular formula is C16H17ClN2. The summed E-state index contributed by atoms with van der Waals surface area (Å²) >= 11 is 6.07. The third-order valence-corrected chi connectivity index (χ3v) is 3.33. The molecule has 2 aromatic rings. The van der Waals surface area contributed by atoms with Crippen molar-refractivity contribution in [3.05, 3.63) is 58.6 Å². The maximum absolute atomic E-state index is 6.07. The average Bonchev–Trinajstić information content (AvgIpc) is 2.40.